The maximum atomic E-state index is 13.7. The number of carbonyl (C=O) groups excluding carboxylic acids is 1. The Kier molecular flexibility index (Phi) is 6.56. The largest absolute Gasteiger partial charge is 0.465 e. The van der Waals surface area contributed by atoms with Crippen molar-refractivity contribution >= 4 is 29.4 Å². The number of halogens is 2. The van der Waals surface area contributed by atoms with Gasteiger partial charge in [-0.05, 0) is 57.2 Å². The van der Waals surface area contributed by atoms with Gasteiger partial charge in [0.05, 0.1) is 11.4 Å². The van der Waals surface area contributed by atoms with Crippen LogP contribution < -0.4 is 10.6 Å². The Bertz CT molecular complexity index is 853. The molecule has 0 heterocycles. The van der Waals surface area contributed by atoms with Gasteiger partial charge in [-0.1, -0.05) is 6.07 Å². The number of aldehydes is 1. The van der Waals surface area contributed by atoms with Crippen LogP contribution in [0.15, 0.2) is 42.5 Å². The van der Waals surface area contributed by atoms with Crippen molar-refractivity contribution < 1.29 is 23.5 Å². The van der Waals surface area contributed by atoms with Crippen molar-refractivity contribution in [3.05, 3.63) is 54.1 Å². The fourth-order valence-corrected chi connectivity index (χ4v) is 2.84. The van der Waals surface area contributed by atoms with Crippen molar-refractivity contribution in [2.24, 2.45) is 0 Å². The van der Waals surface area contributed by atoms with E-state index in [0.29, 0.717) is 23.3 Å². The molecule has 150 valence electrons. The van der Waals surface area contributed by atoms with E-state index < -0.39 is 29.3 Å². The monoisotopic (exact) mass is 391 g/mol. The lowest BCUT2D eigenvalue weighted by Gasteiger charge is -2.37. The second-order valence-electron chi connectivity index (χ2n) is 7.23. The van der Waals surface area contributed by atoms with E-state index in [9.17, 15) is 23.5 Å². The number of nitrogens with zero attached hydrogens (tertiary/aromatic N) is 1. The summed E-state index contributed by atoms with van der Waals surface area (Å²) in [4.78, 5) is 24.2. The maximum absolute atomic E-state index is 13.7. The second kappa shape index (κ2) is 8.69. The van der Waals surface area contributed by atoms with Gasteiger partial charge in [0.25, 0.3) is 0 Å². The number of carbonyl (C=O) groups is 2. The second-order valence-corrected chi connectivity index (χ2v) is 7.23. The molecule has 8 heteroatoms. The van der Waals surface area contributed by atoms with E-state index in [1.165, 1.54) is 36.4 Å². The first-order valence-electron chi connectivity index (χ1n) is 8.65. The molecule has 6 nitrogen and oxygen atoms in total. The van der Waals surface area contributed by atoms with Gasteiger partial charge in [0.15, 0.2) is 0 Å². The summed E-state index contributed by atoms with van der Waals surface area (Å²) in [6, 6.07) is 8.64. The summed E-state index contributed by atoms with van der Waals surface area (Å²) in [5.41, 5.74) is 0.400. The van der Waals surface area contributed by atoms with Crippen LogP contribution in [0, 0.1) is 11.6 Å². The number of hydrogen-bond acceptors (Lipinski definition) is 4. The lowest BCUT2D eigenvalue weighted by atomic mass is 10.0. The van der Waals surface area contributed by atoms with Gasteiger partial charge in [-0.15, -0.1) is 0 Å². The fraction of sp³-hybridized carbons (Fsp3) is 0.300. The van der Waals surface area contributed by atoms with Crippen molar-refractivity contribution in [1.82, 2.24) is 4.90 Å². The van der Waals surface area contributed by atoms with E-state index in [-0.39, 0.29) is 6.54 Å². The molecule has 2 rings (SSSR count). The van der Waals surface area contributed by atoms with Gasteiger partial charge >= 0.3 is 6.09 Å². The predicted molar refractivity (Wildman–Crippen MR) is 104 cm³/mol. The predicted octanol–water partition coefficient (Wildman–Crippen LogP) is 4.47. The first-order valence-corrected chi connectivity index (χ1v) is 8.65. The van der Waals surface area contributed by atoms with Crippen molar-refractivity contribution in [2.75, 3.05) is 17.2 Å². The molecule has 0 aromatic heterocycles. The number of anilines is 3. The molecular formula is C20H23F2N3O3. The zero-order valence-electron chi connectivity index (χ0n) is 15.9. The van der Waals surface area contributed by atoms with E-state index in [1.807, 2.05) is 0 Å². The van der Waals surface area contributed by atoms with Crippen LogP contribution in [-0.4, -0.2) is 40.5 Å². The third kappa shape index (κ3) is 5.42. The molecular weight excluding hydrogens is 368 g/mol. The van der Waals surface area contributed by atoms with Gasteiger partial charge in [0.1, 0.15) is 24.0 Å². The number of hydrogen-bond donors (Lipinski definition) is 3. The number of amides is 1. The van der Waals surface area contributed by atoms with Gasteiger partial charge in [-0.3, -0.25) is 4.90 Å². The van der Waals surface area contributed by atoms with Gasteiger partial charge in [-0.2, -0.15) is 0 Å². The molecule has 0 aliphatic carbocycles. The molecule has 0 saturated carbocycles. The molecule has 0 fully saturated rings. The quantitative estimate of drug-likeness (QED) is 0.607. The normalized spacial score (nSPS) is 12.2. The lowest BCUT2D eigenvalue weighted by Crippen LogP contribution is -2.54. The highest BCUT2D eigenvalue weighted by Gasteiger charge is 2.33. The molecule has 0 spiro atoms. The summed E-state index contributed by atoms with van der Waals surface area (Å²) in [6.07, 6.45) is -0.668. The van der Waals surface area contributed by atoms with Crippen LogP contribution in [0.5, 0.6) is 0 Å². The van der Waals surface area contributed by atoms with Crippen LogP contribution >= 0.6 is 0 Å². The number of carboxylic acid groups (broad SMARTS) is 1. The van der Waals surface area contributed by atoms with E-state index in [0.717, 1.165) is 4.90 Å². The highest BCUT2D eigenvalue weighted by Crippen LogP contribution is 2.27. The number of nitrogens with one attached hydrogen (secondary N) is 2. The molecule has 1 amide bonds. The molecule has 0 aliphatic heterocycles. The summed E-state index contributed by atoms with van der Waals surface area (Å²) in [5.74, 6) is -0.947. The Morgan fingerprint density at radius 3 is 2.39 bits per heavy atom. The number of rotatable bonds is 7. The van der Waals surface area contributed by atoms with Gasteiger partial charge < -0.3 is 20.5 Å². The zero-order valence-corrected chi connectivity index (χ0v) is 15.9. The van der Waals surface area contributed by atoms with E-state index >= 15 is 0 Å². The summed E-state index contributed by atoms with van der Waals surface area (Å²) in [5, 5.41) is 15.4. The lowest BCUT2D eigenvalue weighted by molar-refractivity contribution is -0.113. The minimum atomic E-state index is -1.22. The smallest absolute Gasteiger partial charge is 0.408 e. The third-order valence-electron chi connectivity index (χ3n) is 4.00. The maximum Gasteiger partial charge on any atom is 0.408 e. The van der Waals surface area contributed by atoms with Crippen LogP contribution in [0.25, 0.3) is 0 Å². The highest BCUT2D eigenvalue weighted by molar-refractivity contribution is 5.76. The summed E-state index contributed by atoms with van der Waals surface area (Å²) in [7, 11) is 0. The van der Waals surface area contributed by atoms with Crippen LogP contribution in [0.2, 0.25) is 0 Å². The van der Waals surface area contributed by atoms with Crippen LogP contribution in [0.4, 0.5) is 30.6 Å². The minimum Gasteiger partial charge on any atom is -0.465 e. The molecule has 0 bridgehead atoms. The molecule has 3 N–H and O–H groups in total. The molecule has 1 unspecified atom stereocenters. The Morgan fingerprint density at radius 2 is 1.82 bits per heavy atom. The highest BCUT2D eigenvalue weighted by atomic mass is 19.1. The summed E-state index contributed by atoms with van der Waals surface area (Å²) in [6.45, 7) is 5.04. The van der Waals surface area contributed by atoms with Crippen LogP contribution in [0.3, 0.4) is 0 Å². The fourth-order valence-electron chi connectivity index (χ4n) is 2.84. The molecule has 2 aromatic carbocycles. The van der Waals surface area contributed by atoms with Gasteiger partial charge in [0, 0.05) is 17.8 Å². The van der Waals surface area contributed by atoms with Crippen LogP contribution in [-0.2, 0) is 4.79 Å². The Hall–Kier alpha value is -3.16. The minimum absolute atomic E-state index is 0.0173. The summed E-state index contributed by atoms with van der Waals surface area (Å²) >= 11 is 0. The Labute approximate surface area is 162 Å². The molecule has 0 saturated heterocycles. The Morgan fingerprint density at radius 1 is 1.14 bits per heavy atom. The Balaban J connectivity index is 2.23. The standard InChI is InChI=1S/C20H23F2N3O3/c1-20(2,3)25(19(27)28)16(12-26)11-23-17-8-7-14(22)10-18(17)24-15-6-4-5-13(21)9-15/h4-10,12,16,23-24H,11H2,1-3H3,(H,27,28). The van der Waals surface area contributed by atoms with E-state index in [1.54, 1.807) is 26.8 Å². The van der Waals surface area contributed by atoms with E-state index in [4.69, 9.17) is 0 Å². The van der Waals surface area contributed by atoms with Crippen LogP contribution in [0.1, 0.15) is 20.8 Å². The van der Waals surface area contributed by atoms with Gasteiger partial charge in [-0.25, -0.2) is 13.6 Å². The average molecular weight is 391 g/mol. The third-order valence-corrected chi connectivity index (χ3v) is 4.00. The molecule has 1 atom stereocenters. The zero-order chi connectivity index (χ0) is 20.9. The van der Waals surface area contributed by atoms with Crippen molar-refractivity contribution in [2.45, 2.75) is 32.4 Å². The summed E-state index contributed by atoms with van der Waals surface area (Å²) < 4.78 is 27.1. The molecule has 2 aromatic rings. The average Bonchev–Trinajstić information content (AvgIpc) is 2.58. The number of benzene rings is 2. The van der Waals surface area contributed by atoms with Gasteiger partial charge in [0.2, 0.25) is 0 Å². The van der Waals surface area contributed by atoms with E-state index in [2.05, 4.69) is 10.6 Å². The SMILES string of the molecule is CC(C)(C)N(C(=O)O)C(C=O)CNc1ccc(F)cc1Nc1cccc(F)c1. The van der Waals surface area contributed by atoms with Crippen molar-refractivity contribution in [3.8, 4) is 0 Å². The first-order chi connectivity index (χ1) is 13.1. The van der Waals surface area contributed by atoms with Crippen molar-refractivity contribution in [1.29, 1.82) is 0 Å². The molecule has 0 aliphatic rings. The molecule has 28 heavy (non-hydrogen) atoms. The first kappa shape index (κ1) is 21.1. The topological polar surface area (TPSA) is 81.7 Å². The molecule has 0 radical (unpaired) electrons. The van der Waals surface area contributed by atoms with Crippen molar-refractivity contribution in [3.63, 3.8) is 0 Å².